The first-order valence-corrected chi connectivity index (χ1v) is 4.83. The van der Waals surface area contributed by atoms with Crippen molar-refractivity contribution in [2.45, 2.75) is 6.92 Å². The van der Waals surface area contributed by atoms with Crippen LogP contribution in [-0.2, 0) is 0 Å². The summed E-state index contributed by atoms with van der Waals surface area (Å²) in [4.78, 5) is 11.7. The van der Waals surface area contributed by atoms with Gasteiger partial charge in [0.25, 0.3) is 0 Å². The third kappa shape index (κ3) is 2.93. The summed E-state index contributed by atoms with van der Waals surface area (Å²) < 4.78 is 5.09. The van der Waals surface area contributed by atoms with Gasteiger partial charge in [0.1, 0.15) is 23.5 Å². The van der Waals surface area contributed by atoms with E-state index in [1.165, 1.54) is 7.11 Å². The van der Waals surface area contributed by atoms with Gasteiger partial charge in [-0.05, 0) is 18.6 Å². The molecule has 0 bridgehead atoms. The predicted octanol–water partition coefficient (Wildman–Crippen LogP) is 2.16. The van der Waals surface area contributed by atoms with E-state index in [0.717, 1.165) is 11.6 Å². The number of carbonyl (C=O) groups excluding carboxylic acids is 1. The molecule has 1 aromatic carbocycles. The fourth-order valence-electron chi connectivity index (χ4n) is 1.28. The molecule has 0 aliphatic heterocycles. The molecule has 0 aliphatic carbocycles. The first-order chi connectivity index (χ1) is 8.12. The molecule has 0 fully saturated rings. The normalized spacial score (nSPS) is 8.71. The molecule has 84 valence electrons. The van der Waals surface area contributed by atoms with Crippen molar-refractivity contribution in [3.63, 3.8) is 0 Å². The summed E-state index contributed by atoms with van der Waals surface area (Å²) >= 11 is 0. The number of methoxy groups -OCH3 is 1. The molecule has 0 saturated carbocycles. The summed E-state index contributed by atoms with van der Waals surface area (Å²) in [5.41, 5.74) is 1.08. The van der Waals surface area contributed by atoms with Crippen molar-refractivity contribution < 1.29 is 9.53 Å². The minimum Gasteiger partial charge on any atom is -0.496 e. The number of ketones is 1. The molecule has 0 atom stereocenters. The van der Waals surface area contributed by atoms with Crippen molar-refractivity contribution in [3.05, 3.63) is 41.0 Å². The van der Waals surface area contributed by atoms with E-state index in [4.69, 9.17) is 15.3 Å². The highest BCUT2D eigenvalue weighted by molar-refractivity contribution is 6.06. The number of benzene rings is 1. The van der Waals surface area contributed by atoms with E-state index in [1.54, 1.807) is 30.3 Å². The van der Waals surface area contributed by atoms with Crippen LogP contribution in [0, 0.1) is 29.6 Å². The fraction of sp³-hybridized carbons (Fsp3) is 0.154. The summed E-state index contributed by atoms with van der Waals surface area (Å²) in [5.74, 6) is 0.209. The van der Waals surface area contributed by atoms with Crippen molar-refractivity contribution in [1.82, 2.24) is 0 Å². The summed E-state index contributed by atoms with van der Waals surface area (Å²) in [6.07, 6.45) is 1.02. The maximum absolute atomic E-state index is 11.7. The molecule has 0 spiro atoms. The van der Waals surface area contributed by atoms with Gasteiger partial charge in [-0.3, -0.25) is 4.79 Å². The highest BCUT2D eigenvalue weighted by Gasteiger charge is 2.07. The molecule has 0 amide bonds. The van der Waals surface area contributed by atoms with Gasteiger partial charge in [0.2, 0.25) is 0 Å². The average Bonchev–Trinajstić information content (AvgIpc) is 2.36. The Labute approximate surface area is 99.4 Å². The molecule has 0 heterocycles. The molecular formula is C13H10N2O2. The molecule has 0 aromatic heterocycles. The Morgan fingerprint density at radius 1 is 1.35 bits per heavy atom. The minimum atomic E-state index is -0.388. The number of allylic oxidation sites excluding steroid dienone is 2. The van der Waals surface area contributed by atoms with Crippen LogP contribution in [0.15, 0.2) is 29.8 Å². The lowest BCUT2D eigenvalue weighted by molar-refractivity contribution is 0.104. The van der Waals surface area contributed by atoms with Crippen LogP contribution in [0.4, 0.5) is 0 Å². The van der Waals surface area contributed by atoms with E-state index >= 15 is 0 Å². The van der Waals surface area contributed by atoms with Crippen molar-refractivity contribution >= 4 is 5.78 Å². The molecule has 1 rings (SSSR count). The Hall–Kier alpha value is -2.59. The van der Waals surface area contributed by atoms with Crippen LogP contribution in [-0.4, -0.2) is 12.9 Å². The smallest absolute Gasteiger partial charge is 0.188 e. The molecule has 0 radical (unpaired) electrons. The number of nitriles is 2. The van der Waals surface area contributed by atoms with Gasteiger partial charge in [0, 0.05) is 11.6 Å². The van der Waals surface area contributed by atoms with E-state index in [-0.39, 0.29) is 11.4 Å². The van der Waals surface area contributed by atoms with Crippen LogP contribution in [0.5, 0.6) is 5.75 Å². The zero-order valence-electron chi connectivity index (χ0n) is 9.52. The number of nitrogens with zero attached hydrogens (tertiary/aromatic N) is 2. The SMILES string of the molecule is COc1cc(C(=O)C=C(C#N)C#N)ccc1C. The van der Waals surface area contributed by atoms with Crippen molar-refractivity contribution in [2.24, 2.45) is 0 Å². The summed E-state index contributed by atoms with van der Waals surface area (Å²) in [7, 11) is 1.52. The Bertz CT molecular complexity index is 544. The topological polar surface area (TPSA) is 73.9 Å². The summed E-state index contributed by atoms with van der Waals surface area (Å²) in [5, 5.41) is 17.1. The number of ether oxygens (including phenoxy) is 1. The van der Waals surface area contributed by atoms with Gasteiger partial charge in [-0.15, -0.1) is 0 Å². The average molecular weight is 226 g/mol. The van der Waals surface area contributed by atoms with Crippen LogP contribution >= 0.6 is 0 Å². The lowest BCUT2D eigenvalue weighted by atomic mass is 10.1. The number of rotatable bonds is 3. The van der Waals surface area contributed by atoms with Gasteiger partial charge in [0.15, 0.2) is 5.78 Å². The Morgan fingerprint density at radius 2 is 2.00 bits per heavy atom. The summed E-state index contributed by atoms with van der Waals surface area (Å²) in [6.45, 7) is 1.86. The molecule has 4 nitrogen and oxygen atoms in total. The van der Waals surface area contributed by atoms with Crippen LogP contribution in [0.2, 0.25) is 0 Å². The predicted molar refractivity (Wildman–Crippen MR) is 61.4 cm³/mol. The lowest BCUT2D eigenvalue weighted by Crippen LogP contribution is -1.97. The zero-order valence-corrected chi connectivity index (χ0v) is 9.52. The second-order valence-corrected chi connectivity index (χ2v) is 3.33. The molecule has 0 N–H and O–H groups in total. The number of carbonyl (C=O) groups is 1. The molecule has 0 saturated heterocycles. The highest BCUT2D eigenvalue weighted by atomic mass is 16.5. The standard InChI is InChI=1S/C13H10N2O2/c1-9-3-4-11(6-13(9)17-2)12(16)5-10(7-14)8-15/h3-6H,1-2H3. The lowest BCUT2D eigenvalue weighted by Gasteiger charge is -2.05. The molecule has 4 heteroatoms. The Kier molecular flexibility index (Phi) is 4.02. The number of aryl methyl sites for hydroxylation is 1. The van der Waals surface area contributed by atoms with E-state index in [1.807, 2.05) is 6.92 Å². The molecule has 0 unspecified atom stereocenters. The third-order valence-corrected chi connectivity index (χ3v) is 2.21. The van der Waals surface area contributed by atoms with E-state index < -0.39 is 0 Å². The second-order valence-electron chi connectivity index (χ2n) is 3.33. The van der Waals surface area contributed by atoms with Crippen molar-refractivity contribution in [1.29, 1.82) is 10.5 Å². The van der Waals surface area contributed by atoms with Gasteiger partial charge >= 0.3 is 0 Å². The molecule has 1 aromatic rings. The first kappa shape index (κ1) is 12.5. The molecule has 0 aliphatic rings. The van der Waals surface area contributed by atoms with E-state index in [9.17, 15) is 4.79 Å². The Morgan fingerprint density at radius 3 is 2.53 bits per heavy atom. The monoisotopic (exact) mass is 226 g/mol. The number of hydrogen-bond acceptors (Lipinski definition) is 4. The maximum Gasteiger partial charge on any atom is 0.188 e. The van der Waals surface area contributed by atoms with E-state index in [2.05, 4.69) is 0 Å². The van der Waals surface area contributed by atoms with Crippen molar-refractivity contribution in [2.75, 3.05) is 7.11 Å². The maximum atomic E-state index is 11.7. The van der Waals surface area contributed by atoms with Gasteiger partial charge < -0.3 is 4.74 Å². The van der Waals surface area contributed by atoms with Gasteiger partial charge in [-0.2, -0.15) is 10.5 Å². The van der Waals surface area contributed by atoms with Crippen LogP contribution in [0.3, 0.4) is 0 Å². The Balaban J connectivity index is 3.11. The first-order valence-electron chi connectivity index (χ1n) is 4.83. The summed E-state index contributed by atoms with van der Waals surface area (Å²) in [6, 6.07) is 8.24. The third-order valence-electron chi connectivity index (χ3n) is 2.21. The van der Waals surface area contributed by atoms with Crippen LogP contribution < -0.4 is 4.74 Å². The highest BCUT2D eigenvalue weighted by Crippen LogP contribution is 2.19. The fourth-order valence-corrected chi connectivity index (χ4v) is 1.28. The van der Waals surface area contributed by atoms with Gasteiger partial charge in [-0.25, -0.2) is 0 Å². The van der Waals surface area contributed by atoms with E-state index in [0.29, 0.717) is 11.3 Å². The quantitative estimate of drug-likeness (QED) is 0.449. The number of hydrogen-bond donors (Lipinski definition) is 0. The van der Waals surface area contributed by atoms with Crippen LogP contribution in [0.1, 0.15) is 15.9 Å². The van der Waals surface area contributed by atoms with Gasteiger partial charge in [0.05, 0.1) is 7.11 Å². The second kappa shape index (κ2) is 5.48. The van der Waals surface area contributed by atoms with Crippen molar-refractivity contribution in [3.8, 4) is 17.9 Å². The van der Waals surface area contributed by atoms with Gasteiger partial charge in [-0.1, -0.05) is 12.1 Å². The largest absolute Gasteiger partial charge is 0.496 e. The molecule has 17 heavy (non-hydrogen) atoms. The zero-order chi connectivity index (χ0) is 12.8. The minimum absolute atomic E-state index is 0.213. The van der Waals surface area contributed by atoms with Crippen LogP contribution in [0.25, 0.3) is 0 Å². The molecular weight excluding hydrogens is 216 g/mol.